The summed E-state index contributed by atoms with van der Waals surface area (Å²) in [4.78, 5) is 13.1. The third-order valence-corrected chi connectivity index (χ3v) is 4.74. The van der Waals surface area contributed by atoms with Gasteiger partial charge in [-0.1, -0.05) is 24.0 Å². The van der Waals surface area contributed by atoms with E-state index in [0.29, 0.717) is 11.7 Å². The third-order valence-electron chi connectivity index (χ3n) is 4.47. The van der Waals surface area contributed by atoms with Crippen molar-refractivity contribution < 1.29 is 0 Å². The van der Waals surface area contributed by atoms with Crippen molar-refractivity contribution in [1.29, 1.82) is 0 Å². The highest BCUT2D eigenvalue weighted by atomic mass is 35.5. The topological polar surface area (TPSA) is 69.6 Å². The van der Waals surface area contributed by atoms with Gasteiger partial charge in [0.1, 0.15) is 18.6 Å². The molecule has 0 bridgehead atoms. The van der Waals surface area contributed by atoms with Crippen LogP contribution in [0.25, 0.3) is 11.0 Å². The first-order valence-corrected chi connectivity index (χ1v) is 8.02. The molecule has 0 saturated carbocycles. The lowest BCUT2D eigenvalue weighted by molar-refractivity contribution is 0.786. The Kier molecular flexibility index (Phi) is 4.02. The van der Waals surface area contributed by atoms with Crippen molar-refractivity contribution in [2.24, 2.45) is 0 Å². The summed E-state index contributed by atoms with van der Waals surface area (Å²) in [6.45, 7) is 6.90. The van der Waals surface area contributed by atoms with Gasteiger partial charge in [0, 0.05) is 12.4 Å². The number of pyridine rings is 1. The molecule has 0 saturated heterocycles. The first-order chi connectivity index (χ1) is 10.9. The molecule has 0 aliphatic rings. The molecule has 0 atom stereocenters. The molecule has 0 aromatic carbocycles. The van der Waals surface area contributed by atoms with Crippen LogP contribution in [-0.2, 0) is 13.0 Å². The smallest absolute Gasteiger partial charge is 0.223 e. The maximum Gasteiger partial charge on any atom is 0.223 e. The van der Waals surface area contributed by atoms with E-state index in [9.17, 15) is 0 Å². The van der Waals surface area contributed by atoms with Gasteiger partial charge in [-0.2, -0.15) is 4.98 Å². The molecule has 118 valence electrons. The summed E-state index contributed by atoms with van der Waals surface area (Å²) in [5.41, 5.74) is 12.4. The molecule has 5 nitrogen and oxygen atoms in total. The number of anilines is 1. The van der Waals surface area contributed by atoms with Crippen molar-refractivity contribution in [3.63, 3.8) is 0 Å². The predicted octanol–water partition coefficient (Wildman–Crippen LogP) is 1.55. The van der Waals surface area contributed by atoms with Crippen LogP contribution in [-0.4, -0.2) is 27.4 Å². The van der Waals surface area contributed by atoms with E-state index in [0.717, 1.165) is 28.7 Å². The largest absolute Gasteiger partial charge is 0.368 e. The van der Waals surface area contributed by atoms with Crippen molar-refractivity contribution in [1.82, 2.24) is 19.5 Å². The second-order valence-corrected chi connectivity index (χ2v) is 6.20. The lowest BCUT2D eigenvalue weighted by atomic mass is 9.87. The molecule has 0 fully saturated rings. The SMILES string of the molecule is Bc1c(C)cnc(Cn2cc(CC)c3c(Cl)nc(N)nc32)c1C. The number of hydrogen-bond acceptors (Lipinski definition) is 4. The fourth-order valence-corrected chi connectivity index (χ4v) is 3.12. The van der Waals surface area contributed by atoms with E-state index in [1.165, 1.54) is 16.6 Å². The first-order valence-electron chi connectivity index (χ1n) is 7.64. The number of hydrogen-bond donors (Lipinski definition) is 1. The molecule has 3 aromatic heterocycles. The molecule has 3 rings (SSSR count). The number of aromatic nitrogens is 4. The van der Waals surface area contributed by atoms with E-state index in [1.807, 2.05) is 6.20 Å². The Bertz CT molecular complexity index is 903. The van der Waals surface area contributed by atoms with Gasteiger partial charge in [-0.05, 0) is 37.0 Å². The molecule has 7 heteroatoms. The molecule has 2 N–H and O–H groups in total. The van der Waals surface area contributed by atoms with Gasteiger partial charge in [0.2, 0.25) is 5.95 Å². The van der Waals surface area contributed by atoms with Crippen LogP contribution in [0.2, 0.25) is 5.15 Å². The highest BCUT2D eigenvalue weighted by Crippen LogP contribution is 2.28. The zero-order chi connectivity index (χ0) is 16.7. The molecule has 0 radical (unpaired) electrons. The van der Waals surface area contributed by atoms with Crippen LogP contribution < -0.4 is 11.2 Å². The molecule has 0 amide bonds. The van der Waals surface area contributed by atoms with E-state index < -0.39 is 0 Å². The number of nitrogen functional groups attached to an aromatic ring is 1. The predicted molar refractivity (Wildman–Crippen MR) is 97.3 cm³/mol. The number of halogens is 1. The average Bonchev–Trinajstić information content (AvgIpc) is 2.86. The Labute approximate surface area is 141 Å². The van der Waals surface area contributed by atoms with Gasteiger partial charge in [0.25, 0.3) is 0 Å². The number of aryl methyl sites for hydroxylation is 2. The van der Waals surface area contributed by atoms with Gasteiger partial charge in [0.05, 0.1) is 17.6 Å². The maximum atomic E-state index is 6.28. The zero-order valence-electron chi connectivity index (χ0n) is 13.8. The molecule has 23 heavy (non-hydrogen) atoms. The minimum atomic E-state index is 0.189. The third kappa shape index (κ3) is 2.67. The molecule has 0 aliphatic carbocycles. The molecule has 3 heterocycles. The van der Waals surface area contributed by atoms with Crippen LogP contribution in [0.4, 0.5) is 5.95 Å². The Morgan fingerprint density at radius 2 is 2.04 bits per heavy atom. The highest BCUT2D eigenvalue weighted by molar-refractivity contribution is 6.34. The van der Waals surface area contributed by atoms with Crippen molar-refractivity contribution in [3.8, 4) is 0 Å². The summed E-state index contributed by atoms with van der Waals surface area (Å²) >= 11 is 6.28. The van der Waals surface area contributed by atoms with Crippen LogP contribution >= 0.6 is 11.6 Å². The number of nitrogens with zero attached hydrogens (tertiary/aromatic N) is 4. The Balaban J connectivity index is 2.16. The number of fused-ring (bicyclic) bond motifs is 1. The number of rotatable bonds is 3. The van der Waals surface area contributed by atoms with Crippen molar-refractivity contribution in [3.05, 3.63) is 39.9 Å². The van der Waals surface area contributed by atoms with Crippen molar-refractivity contribution >= 4 is 41.9 Å². The minimum Gasteiger partial charge on any atom is -0.368 e. The zero-order valence-corrected chi connectivity index (χ0v) is 14.6. The first kappa shape index (κ1) is 15.8. The molecule has 0 unspecified atom stereocenters. The van der Waals surface area contributed by atoms with Crippen LogP contribution in [0.5, 0.6) is 0 Å². The summed E-state index contributed by atoms with van der Waals surface area (Å²) in [5.74, 6) is 0.189. The van der Waals surface area contributed by atoms with E-state index in [2.05, 4.69) is 54.3 Å². The van der Waals surface area contributed by atoms with Crippen LogP contribution in [0.1, 0.15) is 29.3 Å². The lowest BCUT2D eigenvalue weighted by Crippen LogP contribution is -2.17. The summed E-state index contributed by atoms with van der Waals surface area (Å²) in [5, 5.41) is 1.29. The summed E-state index contributed by atoms with van der Waals surface area (Å²) in [6.07, 6.45) is 4.84. The summed E-state index contributed by atoms with van der Waals surface area (Å²) in [7, 11) is 2.12. The van der Waals surface area contributed by atoms with Gasteiger partial charge in [-0.25, -0.2) is 4.98 Å². The Morgan fingerprint density at radius 1 is 1.30 bits per heavy atom. The highest BCUT2D eigenvalue weighted by Gasteiger charge is 2.16. The summed E-state index contributed by atoms with van der Waals surface area (Å²) in [6, 6.07) is 0. The molecular formula is C16H19BClN5. The Morgan fingerprint density at radius 3 is 2.74 bits per heavy atom. The fraction of sp³-hybridized carbons (Fsp3) is 0.312. The van der Waals surface area contributed by atoms with E-state index in [4.69, 9.17) is 17.3 Å². The number of nitrogens with two attached hydrogens (primary N) is 1. The van der Waals surface area contributed by atoms with E-state index >= 15 is 0 Å². The Hall–Kier alpha value is -2.08. The second kappa shape index (κ2) is 5.85. The van der Waals surface area contributed by atoms with Gasteiger partial charge >= 0.3 is 0 Å². The second-order valence-electron chi connectivity index (χ2n) is 5.84. The average molecular weight is 328 g/mol. The van der Waals surface area contributed by atoms with Gasteiger partial charge in [0.15, 0.2) is 0 Å². The van der Waals surface area contributed by atoms with E-state index in [-0.39, 0.29) is 5.95 Å². The summed E-state index contributed by atoms with van der Waals surface area (Å²) < 4.78 is 2.06. The monoisotopic (exact) mass is 327 g/mol. The normalized spacial score (nSPS) is 11.3. The van der Waals surface area contributed by atoms with Crippen molar-refractivity contribution in [2.45, 2.75) is 33.7 Å². The quantitative estimate of drug-likeness (QED) is 0.585. The molecular weight excluding hydrogens is 308 g/mol. The minimum absolute atomic E-state index is 0.189. The van der Waals surface area contributed by atoms with Gasteiger partial charge < -0.3 is 10.3 Å². The molecule has 3 aromatic rings. The molecule has 0 spiro atoms. The standard InChI is InChI=1S/C16H19BClN5/c1-4-10-6-23(15-12(10)14(18)21-16(19)22-15)7-11-9(3)13(17)8(2)5-20-11/h5-6H,4,7,17H2,1-3H3,(H2,19,21,22). The fourth-order valence-electron chi connectivity index (χ4n) is 2.83. The maximum absolute atomic E-state index is 6.28. The van der Waals surface area contributed by atoms with Crippen LogP contribution in [0.15, 0.2) is 12.4 Å². The molecule has 0 aliphatic heterocycles. The van der Waals surface area contributed by atoms with Crippen LogP contribution in [0.3, 0.4) is 0 Å². The van der Waals surface area contributed by atoms with Gasteiger partial charge in [-0.15, -0.1) is 0 Å². The van der Waals surface area contributed by atoms with Crippen molar-refractivity contribution in [2.75, 3.05) is 5.73 Å². The van der Waals surface area contributed by atoms with E-state index in [1.54, 1.807) is 0 Å². The lowest BCUT2D eigenvalue weighted by Gasteiger charge is -2.11. The van der Waals surface area contributed by atoms with Gasteiger partial charge in [-0.3, -0.25) is 4.98 Å². The van der Waals surface area contributed by atoms with Crippen LogP contribution in [0, 0.1) is 13.8 Å².